The molecule has 19 heavy (non-hydrogen) atoms. The fourth-order valence-electron chi connectivity index (χ4n) is 1.76. The van der Waals surface area contributed by atoms with Crippen LogP contribution in [0.1, 0.15) is 37.5 Å². The average Bonchev–Trinajstić information content (AvgIpc) is 2.30. The maximum Gasteiger partial charge on any atom is 0.125 e. The van der Waals surface area contributed by atoms with Crippen molar-refractivity contribution in [2.24, 2.45) is 0 Å². The van der Waals surface area contributed by atoms with E-state index in [1.807, 2.05) is 0 Å². The number of ether oxygens (including phenoxy) is 1. The van der Waals surface area contributed by atoms with Crippen LogP contribution in [-0.2, 0) is 0 Å². The van der Waals surface area contributed by atoms with Crippen molar-refractivity contribution < 1.29 is 4.74 Å². The lowest BCUT2D eigenvalue weighted by molar-refractivity contribution is 0.337. The highest BCUT2D eigenvalue weighted by atomic mass is 16.5. The van der Waals surface area contributed by atoms with Crippen molar-refractivity contribution in [3.63, 3.8) is 0 Å². The van der Waals surface area contributed by atoms with Crippen LogP contribution < -0.4 is 10.1 Å². The highest BCUT2D eigenvalue weighted by Gasteiger charge is 2.10. The lowest BCUT2D eigenvalue weighted by Crippen LogP contribution is -2.37. The molecular weight excluding hydrogens is 234 g/mol. The van der Waals surface area contributed by atoms with Crippen molar-refractivity contribution in [1.29, 1.82) is 0 Å². The van der Waals surface area contributed by atoms with E-state index in [0.717, 1.165) is 17.9 Å². The van der Waals surface area contributed by atoms with E-state index in [-0.39, 0.29) is 5.54 Å². The Morgan fingerprint density at radius 3 is 2.32 bits per heavy atom. The first kappa shape index (κ1) is 15.8. The normalized spacial score (nSPS) is 11.5. The molecular formula is C17H27NO. The van der Waals surface area contributed by atoms with E-state index in [9.17, 15) is 0 Å². The predicted molar refractivity (Wildman–Crippen MR) is 83.0 cm³/mol. The zero-order valence-electron chi connectivity index (χ0n) is 13.2. The minimum atomic E-state index is 0.109. The summed E-state index contributed by atoms with van der Waals surface area (Å²) in [4.78, 5) is 0. The van der Waals surface area contributed by atoms with E-state index in [1.54, 1.807) is 0 Å². The van der Waals surface area contributed by atoms with Gasteiger partial charge in [-0.25, -0.2) is 0 Å². The second kappa shape index (κ2) is 6.25. The van der Waals surface area contributed by atoms with Crippen molar-refractivity contribution in [1.82, 2.24) is 5.32 Å². The van der Waals surface area contributed by atoms with Crippen LogP contribution in [0.2, 0.25) is 0 Å². The van der Waals surface area contributed by atoms with Gasteiger partial charge in [-0.15, -0.1) is 0 Å². The standard InChI is InChI=1S/C17H27NO/c1-12(10-18-17(5,6)7)11-19-16-14(3)9-8-13(2)15(16)4/h8-9,18H,1,10-11H2,2-7H3. The molecule has 0 aliphatic rings. The Hall–Kier alpha value is -1.28. The number of aryl methyl sites for hydroxylation is 2. The highest BCUT2D eigenvalue weighted by Crippen LogP contribution is 2.25. The molecule has 0 aromatic heterocycles. The Labute approximate surface area is 117 Å². The van der Waals surface area contributed by atoms with Gasteiger partial charge in [-0.05, 0) is 63.8 Å². The molecule has 1 N–H and O–H groups in total. The number of benzene rings is 1. The zero-order chi connectivity index (χ0) is 14.6. The summed E-state index contributed by atoms with van der Waals surface area (Å²) < 4.78 is 5.94. The topological polar surface area (TPSA) is 21.3 Å². The van der Waals surface area contributed by atoms with Crippen molar-refractivity contribution in [2.45, 2.75) is 47.1 Å². The second-order valence-corrected chi connectivity index (χ2v) is 6.30. The third kappa shape index (κ3) is 5.07. The van der Waals surface area contributed by atoms with Crippen LogP contribution in [-0.4, -0.2) is 18.7 Å². The predicted octanol–water partition coefficient (Wildman–Crippen LogP) is 3.93. The molecule has 1 aromatic carbocycles. The number of hydrogen-bond acceptors (Lipinski definition) is 2. The smallest absolute Gasteiger partial charge is 0.125 e. The summed E-state index contributed by atoms with van der Waals surface area (Å²) in [7, 11) is 0. The molecule has 0 spiro atoms. The molecule has 1 aromatic rings. The maximum absolute atomic E-state index is 5.94. The lowest BCUT2D eigenvalue weighted by Gasteiger charge is -2.22. The van der Waals surface area contributed by atoms with Crippen molar-refractivity contribution >= 4 is 0 Å². The summed E-state index contributed by atoms with van der Waals surface area (Å²) in [5.41, 5.74) is 4.84. The van der Waals surface area contributed by atoms with Gasteiger partial charge in [0, 0.05) is 12.1 Å². The van der Waals surface area contributed by atoms with Crippen molar-refractivity contribution in [2.75, 3.05) is 13.2 Å². The summed E-state index contributed by atoms with van der Waals surface area (Å²) in [6.45, 7) is 18.2. The molecule has 0 saturated carbocycles. The van der Waals surface area contributed by atoms with Gasteiger partial charge in [0.25, 0.3) is 0 Å². The number of nitrogens with one attached hydrogen (secondary N) is 1. The van der Waals surface area contributed by atoms with Gasteiger partial charge in [0.05, 0.1) is 0 Å². The minimum Gasteiger partial charge on any atom is -0.489 e. The van der Waals surface area contributed by atoms with Gasteiger partial charge in [-0.1, -0.05) is 18.7 Å². The van der Waals surface area contributed by atoms with Crippen LogP contribution in [0, 0.1) is 20.8 Å². The molecule has 0 radical (unpaired) electrons. The molecule has 1 rings (SSSR count). The quantitative estimate of drug-likeness (QED) is 0.811. The molecule has 0 amide bonds. The largest absolute Gasteiger partial charge is 0.489 e. The summed E-state index contributed by atoms with van der Waals surface area (Å²) in [5.74, 6) is 0.997. The third-order valence-corrected chi connectivity index (χ3v) is 3.16. The summed E-state index contributed by atoms with van der Waals surface area (Å²) >= 11 is 0. The second-order valence-electron chi connectivity index (χ2n) is 6.30. The average molecular weight is 261 g/mol. The van der Waals surface area contributed by atoms with Gasteiger partial charge in [0.2, 0.25) is 0 Å². The molecule has 106 valence electrons. The van der Waals surface area contributed by atoms with Gasteiger partial charge in [-0.2, -0.15) is 0 Å². The van der Waals surface area contributed by atoms with E-state index in [2.05, 4.69) is 65.6 Å². The molecule has 0 heterocycles. The Morgan fingerprint density at radius 1 is 1.16 bits per heavy atom. The minimum absolute atomic E-state index is 0.109. The Morgan fingerprint density at radius 2 is 1.74 bits per heavy atom. The molecule has 0 aliphatic heterocycles. The molecule has 0 saturated heterocycles. The molecule has 2 heteroatoms. The Kier molecular flexibility index (Phi) is 5.19. The van der Waals surface area contributed by atoms with Gasteiger partial charge in [0.15, 0.2) is 0 Å². The molecule has 2 nitrogen and oxygen atoms in total. The van der Waals surface area contributed by atoms with E-state index >= 15 is 0 Å². The van der Waals surface area contributed by atoms with Gasteiger partial charge < -0.3 is 10.1 Å². The van der Waals surface area contributed by atoms with Crippen molar-refractivity contribution in [3.05, 3.63) is 41.0 Å². The summed E-state index contributed by atoms with van der Waals surface area (Å²) in [5, 5.41) is 3.42. The molecule has 0 aliphatic carbocycles. The molecule has 0 unspecified atom stereocenters. The molecule has 0 atom stereocenters. The van der Waals surface area contributed by atoms with Gasteiger partial charge in [0.1, 0.15) is 12.4 Å². The van der Waals surface area contributed by atoms with Gasteiger partial charge >= 0.3 is 0 Å². The number of hydrogen-bond donors (Lipinski definition) is 1. The molecule has 0 bridgehead atoms. The molecule has 0 fully saturated rings. The van der Waals surface area contributed by atoms with E-state index in [1.165, 1.54) is 16.7 Å². The van der Waals surface area contributed by atoms with Crippen LogP contribution in [0.3, 0.4) is 0 Å². The maximum atomic E-state index is 5.94. The lowest BCUT2D eigenvalue weighted by atomic mass is 10.1. The first-order valence-electron chi connectivity index (χ1n) is 6.82. The summed E-state index contributed by atoms with van der Waals surface area (Å²) in [6.07, 6.45) is 0. The van der Waals surface area contributed by atoms with Crippen LogP contribution in [0.5, 0.6) is 5.75 Å². The van der Waals surface area contributed by atoms with Crippen LogP contribution in [0.4, 0.5) is 0 Å². The fourth-order valence-corrected chi connectivity index (χ4v) is 1.76. The monoisotopic (exact) mass is 261 g/mol. The first-order chi connectivity index (χ1) is 8.70. The number of rotatable bonds is 5. The van der Waals surface area contributed by atoms with E-state index < -0.39 is 0 Å². The fraction of sp³-hybridized carbons (Fsp3) is 0.529. The van der Waals surface area contributed by atoms with E-state index in [0.29, 0.717) is 6.61 Å². The van der Waals surface area contributed by atoms with E-state index in [4.69, 9.17) is 4.74 Å². The van der Waals surface area contributed by atoms with Crippen LogP contribution in [0.25, 0.3) is 0 Å². The Bertz CT molecular complexity index is 455. The zero-order valence-corrected chi connectivity index (χ0v) is 13.2. The Balaban J connectivity index is 2.58. The summed E-state index contributed by atoms with van der Waals surface area (Å²) in [6, 6.07) is 4.24. The first-order valence-corrected chi connectivity index (χ1v) is 6.82. The van der Waals surface area contributed by atoms with Crippen LogP contribution in [0.15, 0.2) is 24.3 Å². The van der Waals surface area contributed by atoms with Crippen LogP contribution >= 0.6 is 0 Å². The highest BCUT2D eigenvalue weighted by molar-refractivity contribution is 5.44. The SMILES string of the molecule is C=C(CNC(C)(C)C)COc1c(C)ccc(C)c1C. The van der Waals surface area contributed by atoms with Crippen molar-refractivity contribution in [3.8, 4) is 5.75 Å². The third-order valence-electron chi connectivity index (χ3n) is 3.16. The van der Waals surface area contributed by atoms with Gasteiger partial charge in [-0.3, -0.25) is 0 Å².